The van der Waals surface area contributed by atoms with E-state index in [2.05, 4.69) is 44.3 Å². The molecule has 5 heteroatoms. The first-order chi connectivity index (χ1) is 10.2. The maximum atomic E-state index is 12.7. The van der Waals surface area contributed by atoms with Gasteiger partial charge in [-0.05, 0) is 62.4 Å². The van der Waals surface area contributed by atoms with Crippen LogP contribution in [0.25, 0.3) is 0 Å². The molecule has 0 aliphatic carbocycles. The average Bonchev–Trinajstić information content (AvgIpc) is 2.98. The van der Waals surface area contributed by atoms with Gasteiger partial charge >= 0.3 is 0 Å². The molecule has 1 atom stereocenters. The quantitative estimate of drug-likeness (QED) is 0.852. The number of halogens is 2. The molecule has 2 saturated heterocycles. The Morgan fingerprint density at radius 1 is 1.27 bits per heavy atom. The van der Waals surface area contributed by atoms with Crippen molar-refractivity contribution in [2.75, 3.05) is 19.6 Å². The maximum Gasteiger partial charge on any atom is 0.223 e. The average molecular weight is 388 g/mol. The van der Waals surface area contributed by atoms with Crippen LogP contribution >= 0.6 is 28.3 Å². The van der Waals surface area contributed by atoms with Crippen molar-refractivity contribution in [3.63, 3.8) is 0 Å². The summed E-state index contributed by atoms with van der Waals surface area (Å²) in [5.41, 5.74) is 1.26. The lowest BCUT2D eigenvalue weighted by molar-refractivity contribution is -0.133. The van der Waals surface area contributed by atoms with Crippen molar-refractivity contribution in [3.05, 3.63) is 34.3 Å². The van der Waals surface area contributed by atoms with Crippen LogP contribution in [0.5, 0.6) is 0 Å². The number of likely N-dealkylation sites (tertiary alicyclic amines) is 1. The Morgan fingerprint density at radius 2 is 2.05 bits per heavy atom. The lowest BCUT2D eigenvalue weighted by atomic mass is 9.93. The topological polar surface area (TPSA) is 32.3 Å². The molecule has 0 saturated carbocycles. The largest absolute Gasteiger partial charge is 0.336 e. The number of carbonyl (C=O) groups is 1. The lowest BCUT2D eigenvalue weighted by Gasteiger charge is -2.29. The van der Waals surface area contributed by atoms with Crippen molar-refractivity contribution in [2.45, 2.75) is 38.1 Å². The van der Waals surface area contributed by atoms with Crippen LogP contribution in [0.2, 0.25) is 0 Å². The van der Waals surface area contributed by atoms with Gasteiger partial charge in [0.25, 0.3) is 0 Å². The van der Waals surface area contributed by atoms with E-state index in [1.165, 1.54) is 5.56 Å². The number of amides is 1. The molecule has 0 spiro atoms. The minimum absolute atomic E-state index is 0. The van der Waals surface area contributed by atoms with Gasteiger partial charge in [0.2, 0.25) is 5.91 Å². The van der Waals surface area contributed by atoms with Crippen LogP contribution in [-0.2, 0) is 4.79 Å². The van der Waals surface area contributed by atoms with Crippen LogP contribution in [0.3, 0.4) is 0 Å². The smallest absolute Gasteiger partial charge is 0.223 e. The van der Waals surface area contributed by atoms with Gasteiger partial charge in [-0.2, -0.15) is 0 Å². The second kappa shape index (κ2) is 8.32. The Bertz CT molecular complexity index is 505. The second-order valence-electron chi connectivity index (χ2n) is 6.20. The van der Waals surface area contributed by atoms with Gasteiger partial charge in [-0.1, -0.05) is 28.1 Å². The monoisotopic (exact) mass is 386 g/mol. The van der Waals surface area contributed by atoms with Gasteiger partial charge in [-0.25, -0.2) is 0 Å². The molecule has 2 aliphatic heterocycles. The molecule has 3 nitrogen and oxygen atoms in total. The highest BCUT2D eigenvalue weighted by atomic mass is 79.9. The van der Waals surface area contributed by atoms with Crippen LogP contribution in [0.15, 0.2) is 28.7 Å². The number of hydrogen-bond acceptors (Lipinski definition) is 2. The van der Waals surface area contributed by atoms with Gasteiger partial charge in [0, 0.05) is 17.4 Å². The van der Waals surface area contributed by atoms with Crippen molar-refractivity contribution in [3.8, 4) is 0 Å². The van der Waals surface area contributed by atoms with Crippen molar-refractivity contribution >= 4 is 34.2 Å². The number of carbonyl (C=O) groups excluding carboxylic acids is 1. The third-order valence-corrected chi connectivity index (χ3v) is 5.22. The van der Waals surface area contributed by atoms with Crippen molar-refractivity contribution in [1.29, 1.82) is 0 Å². The van der Waals surface area contributed by atoms with E-state index >= 15 is 0 Å². The van der Waals surface area contributed by atoms with Crippen LogP contribution in [0.1, 0.15) is 43.7 Å². The summed E-state index contributed by atoms with van der Waals surface area (Å²) in [5, 5.41) is 3.37. The highest BCUT2D eigenvalue weighted by Gasteiger charge is 2.31. The van der Waals surface area contributed by atoms with E-state index in [4.69, 9.17) is 0 Å². The summed E-state index contributed by atoms with van der Waals surface area (Å²) < 4.78 is 1.10. The van der Waals surface area contributed by atoms with Crippen LogP contribution in [-0.4, -0.2) is 30.4 Å². The Morgan fingerprint density at radius 3 is 2.77 bits per heavy atom. The first-order valence-electron chi connectivity index (χ1n) is 7.99. The highest BCUT2D eigenvalue weighted by Crippen LogP contribution is 2.34. The standard InChI is InChI=1S/C17H23BrN2O.ClH/c18-15-4-1-3-14(12-15)16-5-2-10-20(16)17(21)11-13-6-8-19-9-7-13;/h1,3-4,12-13,16,19H,2,5-11H2;1H. The summed E-state index contributed by atoms with van der Waals surface area (Å²) in [6, 6.07) is 8.68. The van der Waals surface area contributed by atoms with Crippen LogP contribution < -0.4 is 5.32 Å². The van der Waals surface area contributed by atoms with E-state index < -0.39 is 0 Å². The minimum Gasteiger partial charge on any atom is -0.336 e. The molecular weight excluding hydrogens is 364 g/mol. The van der Waals surface area contributed by atoms with Gasteiger partial charge in [-0.3, -0.25) is 4.79 Å². The summed E-state index contributed by atoms with van der Waals surface area (Å²) in [7, 11) is 0. The molecule has 1 unspecified atom stereocenters. The fraction of sp³-hybridized carbons (Fsp3) is 0.588. The summed E-state index contributed by atoms with van der Waals surface area (Å²) in [4.78, 5) is 14.8. The zero-order valence-corrected chi connectivity index (χ0v) is 15.2. The molecule has 1 N–H and O–H groups in total. The first-order valence-corrected chi connectivity index (χ1v) is 8.79. The van der Waals surface area contributed by atoms with Crippen molar-refractivity contribution in [1.82, 2.24) is 10.2 Å². The Hall–Kier alpha value is -0.580. The van der Waals surface area contributed by atoms with E-state index in [1.807, 2.05) is 6.07 Å². The fourth-order valence-electron chi connectivity index (χ4n) is 3.58. The third-order valence-electron chi connectivity index (χ3n) is 4.73. The highest BCUT2D eigenvalue weighted by molar-refractivity contribution is 9.10. The Kier molecular flexibility index (Phi) is 6.72. The molecule has 2 aliphatic rings. The van der Waals surface area contributed by atoms with Crippen molar-refractivity contribution in [2.24, 2.45) is 5.92 Å². The van der Waals surface area contributed by atoms with Gasteiger partial charge in [0.1, 0.15) is 0 Å². The molecule has 0 radical (unpaired) electrons. The molecule has 0 bridgehead atoms. The van der Waals surface area contributed by atoms with Crippen LogP contribution in [0.4, 0.5) is 0 Å². The fourth-order valence-corrected chi connectivity index (χ4v) is 3.99. The molecular formula is C17H24BrClN2O. The molecule has 122 valence electrons. The number of hydrogen-bond donors (Lipinski definition) is 1. The molecule has 2 heterocycles. The van der Waals surface area contributed by atoms with E-state index in [-0.39, 0.29) is 18.4 Å². The molecule has 3 rings (SSSR count). The van der Waals surface area contributed by atoms with Crippen LogP contribution in [0, 0.1) is 5.92 Å². The van der Waals surface area contributed by atoms with E-state index in [0.29, 0.717) is 11.8 Å². The number of rotatable bonds is 3. The van der Waals surface area contributed by atoms with Crippen molar-refractivity contribution < 1.29 is 4.79 Å². The Balaban J connectivity index is 0.00000176. The molecule has 0 aromatic heterocycles. The van der Waals surface area contributed by atoms with Gasteiger partial charge in [-0.15, -0.1) is 12.4 Å². The second-order valence-corrected chi connectivity index (χ2v) is 7.11. The Labute approximate surface area is 147 Å². The van der Waals surface area contributed by atoms with E-state index in [0.717, 1.165) is 56.2 Å². The summed E-state index contributed by atoms with van der Waals surface area (Å²) >= 11 is 3.54. The molecule has 1 amide bonds. The molecule has 2 fully saturated rings. The predicted octanol–water partition coefficient (Wildman–Crippen LogP) is 3.92. The molecule has 22 heavy (non-hydrogen) atoms. The lowest BCUT2D eigenvalue weighted by Crippen LogP contribution is -2.35. The number of nitrogens with one attached hydrogen (secondary N) is 1. The van der Waals surface area contributed by atoms with Gasteiger partial charge < -0.3 is 10.2 Å². The minimum atomic E-state index is 0. The van der Waals surface area contributed by atoms with Gasteiger partial charge in [0.05, 0.1) is 6.04 Å². The third kappa shape index (κ3) is 4.24. The predicted molar refractivity (Wildman–Crippen MR) is 95.3 cm³/mol. The normalized spacial score (nSPS) is 22.4. The first kappa shape index (κ1) is 17.8. The SMILES string of the molecule is Cl.O=C(CC1CCNCC1)N1CCCC1c1cccc(Br)c1. The number of benzene rings is 1. The molecule has 1 aromatic carbocycles. The van der Waals surface area contributed by atoms with Gasteiger partial charge in [0.15, 0.2) is 0 Å². The van der Waals surface area contributed by atoms with E-state index in [9.17, 15) is 4.79 Å². The van der Waals surface area contributed by atoms with E-state index in [1.54, 1.807) is 0 Å². The number of nitrogens with zero attached hydrogens (tertiary/aromatic N) is 1. The molecule has 1 aromatic rings. The zero-order chi connectivity index (χ0) is 14.7. The summed E-state index contributed by atoms with van der Waals surface area (Å²) in [6.07, 6.45) is 5.22. The summed E-state index contributed by atoms with van der Waals surface area (Å²) in [5.74, 6) is 0.923. The summed E-state index contributed by atoms with van der Waals surface area (Å²) in [6.45, 7) is 3.04. The maximum absolute atomic E-state index is 12.7. The zero-order valence-electron chi connectivity index (χ0n) is 12.8. The number of piperidine rings is 1.